The van der Waals surface area contributed by atoms with Gasteiger partial charge in [-0.15, -0.1) is 0 Å². The number of ether oxygens (including phenoxy) is 6. The summed E-state index contributed by atoms with van der Waals surface area (Å²) in [5, 5.41) is 13.6. The van der Waals surface area contributed by atoms with Crippen LogP contribution in [-0.2, 0) is 9.53 Å². The number of benzene rings is 2. The number of hydrogen-bond acceptors (Lipinski definition) is 10. The zero-order chi connectivity index (χ0) is 27.3. The Morgan fingerprint density at radius 2 is 1.69 bits per heavy atom. The lowest BCUT2D eigenvalue weighted by Gasteiger charge is -2.39. The monoisotopic (exact) mass is 534 g/mol. The van der Waals surface area contributed by atoms with Crippen LogP contribution in [0.15, 0.2) is 42.6 Å². The van der Waals surface area contributed by atoms with E-state index < -0.39 is 35.7 Å². The molecule has 1 amide bonds. The van der Waals surface area contributed by atoms with Gasteiger partial charge in [0, 0.05) is 18.0 Å². The molecule has 202 valence electrons. The Hall–Kier alpha value is -4.67. The SMILES string of the molecule is COc1cc([C@@H]2c3cc4c(cc3[C@@H](NC(=O)c3cccnc3OC)[C@H]3COC(=O)[C@H]23)OCO4)cc(OC)c1O. The first-order chi connectivity index (χ1) is 18.9. The standard InChI is InChI=1S/C28H26N2O9/c1-34-20-7-13(8-21(35-2)25(20)31)22-15-9-18-19(39-12-38-18)10-16(15)24(17-11-37-28(33)23(17)22)30-26(32)14-5-4-6-29-27(14)36-3/h4-10,17,22-24,31H,11-12H2,1-3H3,(H,30,32)/t17-,22+,23-,24+/m0/s1. The van der Waals surface area contributed by atoms with Crippen LogP contribution in [-0.4, -0.2) is 56.7 Å². The summed E-state index contributed by atoms with van der Waals surface area (Å²) in [7, 11) is 4.33. The highest BCUT2D eigenvalue weighted by Crippen LogP contribution is 2.55. The number of rotatable bonds is 6. The van der Waals surface area contributed by atoms with Gasteiger partial charge in [0.15, 0.2) is 23.0 Å². The Bertz CT molecular complexity index is 1450. The second-order valence-electron chi connectivity index (χ2n) is 9.42. The second-order valence-corrected chi connectivity index (χ2v) is 9.42. The molecule has 39 heavy (non-hydrogen) atoms. The zero-order valence-electron chi connectivity index (χ0n) is 21.4. The molecule has 0 radical (unpaired) electrons. The molecule has 2 aromatic carbocycles. The topological polar surface area (TPSA) is 135 Å². The maximum atomic E-state index is 13.5. The Balaban J connectivity index is 1.52. The van der Waals surface area contributed by atoms with Crippen LogP contribution in [0.2, 0.25) is 0 Å². The van der Waals surface area contributed by atoms with Crippen molar-refractivity contribution in [3.05, 3.63) is 64.8 Å². The average Bonchev–Trinajstić information content (AvgIpc) is 3.58. The molecule has 11 nitrogen and oxygen atoms in total. The number of carbonyl (C=O) groups excluding carboxylic acids is 2. The highest BCUT2D eigenvalue weighted by molar-refractivity contribution is 5.96. The molecule has 11 heteroatoms. The Morgan fingerprint density at radius 1 is 1.00 bits per heavy atom. The number of amides is 1. The van der Waals surface area contributed by atoms with Gasteiger partial charge in [-0.25, -0.2) is 4.98 Å². The summed E-state index contributed by atoms with van der Waals surface area (Å²) in [5.74, 6) is -0.863. The Kier molecular flexibility index (Phi) is 6.05. The van der Waals surface area contributed by atoms with Gasteiger partial charge < -0.3 is 38.8 Å². The lowest BCUT2D eigenvalue weighted by Crippen LogP contribution is -2.43. The molecular weight excluding hydrogens is 508 g/mol. The van der Waals surface area contributed by atoms with Crippen molar-refractivity contribution < 1.29 is 43.1 Å². The summed E-state index contributed by atoms with van der Waals surface area (Å²) >= 11 is 0. The molecule has 1 aromatic heterocycles. The lowest BCUT2D eigenvalue weighted by atomic mass is 9.65. The molecule has 3 aromatic rings. The van der Waals surface area contributed by atoms with E-state index in [4.69, 9.17) is 28.4 Å². The van der Waals surface area contributed by atoms with Crippen molar-refractivity contribution in [2.75, 3.05) is 34.7 Å². The Morgan fingerprint density at radius 3 is 2.36 bits per heavy atom. The Labute approximate surface area is 223 Å². The number of hydrogen-bond donors (Lipinski definition) is 2. The first kappa shape index (κ1) is 24.7. The summed E-state index contributed by atoms with van der Waals surface area (Å²) in [5.41, 5.74) is 2.44. The van der Waals surface area contributed by atoms with Crippen LogP contribution in [0, 0.1) is 11.8 Å². The van der Waals surface area contributed by atoms with Gasteiger partial charge in [0.05, 0.1) is 39.9 Å². The molecule has 3 aliphatic rings. The fourth-order valence-electron chi connectivity index (χ4n) is 5.79. The molecule has 0 saturated carbocycles. The van der Waals surface area contributed by atoms with Crippen LogP contribution in [0.4, 0.5) is 0 Å². The minimum absolute atomic E-state index is 0.0581. The largest absolute Gasteiger partial charge is 0.502 e. The van der Waals surface area contributed by atoms with Gasteiger partial charge in [-0.1, -0.05) is 0 Å². The molecule has 0 bridgehead atoms. The molecule has 0 unspecified atom stereocenters. The van der Waals surface area contributed by atoms with Crippen LogP contribution in [0.25, 0.3) is 0 Å². The van der Waals surface area contributed by atoms with Crippen molar-refractivity contribution in [2.24, 2.45) is 11.8 Å². The molecule has 1 aliphatic carbocycles. The summed E-state index contributed by atoms with van der Waals surface area (Å²) in [4.78, 5) is 30.9. The summed E-state index contributed by atoms with van der Waals surface area (Å²) in [6, 6.07) is 9.70. The number of cyclic esters (lactones) is 1. The molecular formula is C28H26N2O9. The maximum absolute atomic E-state index is 13.5. The molecule has 3 heterocycles. The third-order valence-electron chi connectivity index (χ3n) is 7.54. The number of aromatic hydroxyl groups is 1. The highest BCUT2D eigenvalue weighted by atomic mass is 16.7. The van der Waals surface area contributed by atoms with Gasteiger partial charge in [0.25, 0.3) is 5.91 Å². The maximum Gasteiger partial charge on any atom is 0.310 e. The molecule has 2 aliphatic heterocycles. The number of phenols is 1. The predicted molar refractivity (Wildman–Crippen MR) is 135 cm³/mol. The van der Waals surface area contributed by atoms with Crippen LogP contribution in [0.1, 0.15) is 39.0 Å². The van der Waals surface area contributed by atoms with E-state index >= 15 is 0 Å². The highest BCUT2D eigenvalue weighted by Gasteiger charge is 2.53. The summed E-state index contributed by atoms with van der Waals surface area (Å²) < 4.78 is 33.0. The van der Waals surface area contributed by atoms with E-state index in [2.05, 4.69) is 10.3 Å². The van der Waals surface area contributed by atoms with Gasteiger partial charge >= 0.3 is 5.97 Å². The molecule has 1 saturated heterocycles. The van der Waals surface area contributed by atoms with E-state index in [-0.39, 0.29) is 42.1 Å². The van der Waals surface area contributed by atoms with Crippen LogP contribution in [0.5, 0.6) is 34.6 Å². The average molecular weight is 535 g/mol. The van der Waals surface area contributed by atoms with E-state index in [9.17, 15) is 14.7 Å². The van der Waals surface area contributed by atoms with Gasteiger partial charge in [0.2, 0.25) is 18.4 Å². The molecule has 1 fully saturated rings. The molecule has 4 atom stereocenters. The van der Waals surface area contributed by atoms with Crippen LogP contribution < -0.4 is 29.0 Å². The van der Waals surface area contributed by atoms with Crippen molar-refractivity contribution in [3.8, 4) is 34.6 Å². The smallest absolute Gasteiger partial charge is 0.310 e. The quantitative estimate of drug-likeness (QED) is 0.455. The summed E-state index contributed by atoms with van der Waals surface area (Å²) in [6.07, 6.45) is 1.54. The first-order valence-electron chi connectivity index (χ1n) is 12.3. The number of aromatic nitrogens is 1. The summed E-state index contributed by atoms with van der Waals surface area (Å²) in [6.45, 7) is 0.165. The van der Waals surface area contributed by atoms with E-state index in [0.717, 1.165) is 11.1 Å². The second kappa shape index (κ2) is 9.57. The minimum Gasteiger partial charge on any atom is -0.502 e. The van der Waals surface area contributed by atoms with Crippen molar-refractivity contribution in [2.45, 2.75) is 12.0 Å². The molecule has 0 spiro atoms. The van der Waals surface area contributed by atoms with Gasteiger partial charge in [-0.05, 0) is 53.1 Å². The predicted octanol–water partition coefficient (Wildman–Crippen LogP) is 2.95. The van der Waals surface area contributed by atoms with Gasteiger partial charge in [0.1, 0.15) is 5.56 Å². The number of carbonyl (C=O) groups is 2. The number of fused-ring (bicyclic) bond motifs is 3. The third-order valence-corrected chi connectivity index (χ3v) is 7.54. The van der Waals surface area contributed by atoms with Gasteiger partial charge in [-0.3, -0.25) is 9.59 Å². The van der Waals surface area contributed by atoms with Crippen molar-refractivity contribution in [1.82, 2.24) is 10.3 Å². The fraction of sp³-hybridized carbons (Fsp3) is 0.321. The number of nitrogens with zero attached hydrogens (tertiary/aromatic N) is 1. The van der Waals surface area contributed by atoms with E-state index in [1.807, 2.05) is 12.1 Å². The number of esters is 1. The fourth-order valence-corrected chi connectivity index (χ4v) is 5.79. The molecule has 6 rings (SSSR count). The number of nitrogens with one attached hydrogen (secondary N) is 1. The van der Waals surface area contributed by atoms with Crippen molar-refractivity contribution in [3.63, 3.8) is 0 Å². The van der Waals surface area contributed by atoms with Crippen LogP contribution >= 0.6 is 0 Å². The minimum atomic E-state index is -0.655. The van der Waals surface area contributed by atoms with Crippen molar-refractivity contribution in [1.29, 1.82) is 0 Å². The third kappa shape index (κ3) is 3.92. The van der Waals surface area contributed by atoms with Crippen LogP contribution in [0.3, 0.4) is 0 Å². The van der Waals surface area contributed by atoms with Gasteiger partial charge in [-0.2, -0.15) is 0 Å². The number of phenolic OH excluding ortho intramolecular Hbond substituents is 1. The number of methoxy groups -OCH3 is 3. The first-order valence-corrected chi connectivity index (χ1v) is 12.3. The lowest BCUT2D eigenvalue weighted by molar-refractivity contribution is -0.141. The zero-order valence-corrected chi connectivity index (χ0v) is 21.4. The van der Waals surface area contributed by atoms with E-state index in [1.165, 1.54) is 27.5 Å². The van der Waals surface area contributed by atoms with Crippen molar-refractivity contribution >= 4 is 11.9 Å². The van der Waals surface area contributed by atoms with E-state index in [1.54, 1.807) is 24.3 Å². The molecule has 2 N–H and O–H groups in total. The normalized spacial score (nSPS) is 22.4. The number of pyridine rings is 1. The van der Waals surface area contributed by atoms with E-state index in [0.29, 0.717) is 17.1 Å².